The Morgan fingerprint density at radius 1 is 1.25 bits per heavy atom. The molecule has 5 nitrogen and oxygen atoms in total. The molecule has 28 heavy (non-hydrogen) atoms. The number of nitrogens with zero attached hydrogens (tertiary/aromatic N) is 1. The van der Waals surface area contributed by atoms with Crippen molar-refractivity contribution in [3.63, 3.8) is 0 Å². The van der Waals surface area contributed by atoms with Gasteiger partial charge < -0.3 is 9.64 Å². The molecule has 2 aliphatic rings. The molecule has 2 heterocycles. The van der Waals surface area contributed by atoms with Crippen molar-refractivity contribution in [1.82, 2.24) is 5.32 Å². The quantitative estimate of drug-likeness (QED) is 0.643. The van der Waals surface area contributed by atoms with Crippen molar-refractivity contribution in [2.45, 2.75) is 6.42 Å². The molecule has 1 fully saturated rings. The largest absolute Gasteiger partial charge is 0.495 e. The Bertz CT molecular complexity index is 1050. The molecule has 2 aliphatic heterocycles. The predicted molar refractivity (Wildman–Crippen MR) is 111 cm³/mol. The Morgan fingerprint density at radius 3 is 2.89 bits per heavy atom. The van der Waals surface area contributed by atoms with Gasteiger partial charge in [-0.25, -0.2) is 0 Å². The zero-order valence-corrected chi connectivity index (χ0v) is 16.1. The van der Waals surface area contributed by atoms with Gasteiger partial charge in [0, 0.05) is 12.2 Å². The maximum absolute atomic E-state index is 11.7. The van der Waals surface area contributed by atoms with Crippen LogP contribution in [0.25, 0.3) is 6.08 Å². The molecule has 0 aliphatic carbocycles. The summed E-state index contributed by atoms with van der Waals surface area (Å²) in [5.41, 5.74) is 4.15. The summed E-state index contributed by atoms with van der Waals surface area (Å²) in [5, 5.41) is 1.91. The lowest BCUT2D eigenvalue weighted by molar-refractivity contribution is -0.115. The number of carbonyl (C=O) groups is 2. The number of benzene rings is 2. The topological polar surface area (TPSA) is 58.6 Å². The van der Waals surface area contributed by atoms with Crippen molar-refractivity contribution in [2.24, 2.45) is 0 Å². The summed E-state index contributed by atoms with van der Waals surface area (Å²) in [4.78, 5) is 25.7. The maximum Gasteiger partial charge on any atom is 0.290 e. The molecule has 0 atom stereocenters. The highest BCUT2D eigenvalue weighted by atomic mass is 32.2. The zero-order valence-electron chi connectivity index (χ0n) is 15.3. The van der Waals surface area contributed by atoms with Crippen molar-refractivity contribution in [1.29, 1.82) is 0 Å². The number of fused-ring (bicyclic) bond motifs is 1. The Kier molecular flexibility index (Phi) is 5.09. The number of ether oxygens (including phenoxy) is 1. The van der Waals surface area contributed by atoms with Gasteiger partial charge in [0.25, 0.3) is 11.1 Å². The van der Waals surface area contributed by atoms with Crippen molar-refractivity contribution in [2.75, 3.05) is 25.1 Å². The normalized spacial score (nSPS) is 16.6. The molecule has 140 valence electrons. The minimum atomic E-state index is -0.369. The second-order valence-electron chi connectivity index (χ2n) is 6.41. The first-order chi connectivity index (χ1) is 13.6. The molecule has 6 heteroatoms. The molecule has 0 aromatic heterocycles. The Labute approximate surface area is 167 Å². The van der Waals surface area contributed by atoms with Gasteiger partial charge in [-0.05, 0) is 53.6 Å². The molecule has 2 amide bonds. The molecule has 4 rings (SSSR count). The molecular formula is C22H18N2O3S. The standard InChI is InChI=1S/C22H18N2O3S/c1-27-19-9-8-15(14-20-21(25)23-22(26)28-20)13-17(19)6-4-11-24-12-10-16-5-2-3-7-18(16)24/h2-3,5,7-9,13-14H,10-12H2,1H3,(H,23,25,26). The summed E-state index contributed by atoms with van der Waals surface area (Å²) in [6.07, 6.45) is 2.73. The third-order valence-electron chi connectivity index (χ3n) is 4.64. The van der Waals surface area contributed by atoms with Crippen molar-refractivity contribution in [3.8, 4) is 17.6 Å². The SMILES string of the molecule is COc1ccc(C=C2SC(=O)NC2=O)cc1C#CCN1CCc2ccccc21. The number of methoxy groups -OCH3 is 1. The van der Waals surface area contributed by atoms with Crippen LogP contribution in [-0.2, 0) is 11.2 Å². The van der Waals surface area contributed by atoms with E-state index in [2.05, 4.69) is 40.3 Å². The first-order valence-electron chi connectivity index (χ1n) is 8.88. The average Bonchev–Trinajstić information content (AvgIpc) is 3.25. The van der Waals surface area contributed by atoms with Crippen LogP contribution < -0.4 is 15.0 Å². The Hall–Kier alpha value is -3.17. The van der Waals surface area contributed by atoms with Crippen LogP contribution in [0.5, 0.6) is 5.75 Å². The molecule has 0 radical (unpaired) electrons. The fourth-order valence-electron chi connectivity index (χ4n) is 3.29. The lowest BCUT2D eigenvalue weighted by atomic mass is 10.1. The minimum absolute atomic E-state index is 0.351. The van der Waals surface area contributed by atoms with Gasteiger partial charge in [-0.2, -0.15) is 0 Å². The number of hydrogen-bond acceptors (Lipinski definition) is 5. The lowest BCUT2D eigenvalue weighted by Crippen LogP contribution is -2.20. The number of rotatable bonds is 3. The van der Waals surface area contributed by atoms with E-state index in [1.165, 1.54) is 11.3 Å². The molecule has 0 unspecified atom stereocenters. The summed E-state index contributed by atoms with van der Waals surface area (Å²) >= 11 is 0.900. The summed E-state index contributed by atoms with van der Waals surface area (Å²) in [7, 11) is 1.61. The van der Waals surface area contributed by atoms with E-state index in [-0.39, 0.29) is 11.1 Å². The van der Waals surface area contributed by atoms with Crippen LogP contribution in [0.1, 0.15) is 16.7 Å². The lowest BCUT2D eigenvalue weighted by Gasteiger charge is -2.15. The smallest absolute Gasteiger partial charge is 0.290 e. The first kappa shape index (κ1) is 18.2. The van der Waals surface area contributed by atoms with E-state index in [1.54, 1.807) is 13.2 Å². The number of anilines is 1. The third-order valence-corrected chi connectivity index (χ3v) is 5.45. The van der Waals surface area contributed by atoms with Crippen molar-refractivity contribution in [3.05, 3.63) is 64.1 Å². The van der Waals surface area contributed by atoms with Gasteiger partial charge in [-0.1, -0.05) is 36.1 Å². The Morgan fingerprint density at radius 2 is 2.11 bits per heavy atom. The number of nitrogens with one attached hydrogen (secondary N) is 1. The maximum atomic E-state index is 11.7. The number of thioether (sulfide) groups is 1. The number of amides is 2. The van der Waals surface area contributed by atoms with E-state index in [1.807, 2.05) is 24.3 Å². The van der Waals surface area contributed by atoms with E-state index in [0.29, 0.717) is 17.2 Å². The number of carbonyl (C=O) groups excluding carboxylic acids is 2. The van der Waals surface area contributed by atoms with Crippen LogP contribution in [0.4, 0.5) is 10.5 Å². The van der Waals surface area contributed by atoms with Crippen molar-refractivity contribution >= 4 is 34.7 Å². The van der Waals surface area contributed by atoms with Crippen molar-refractivity contribution < 1.29 is 14.3 Å². The van der Waals surface area contributed by atoms with Crippen LogP contribution in [0.3, 0.4) is 0 Å². The Balaban J connectivity index is 1.55. The first-order valence-corrected chi connectivity index (χ1v) is 9.70. The number of imide groups is 1. The van der Waals surface area contributed by atoms with Gasteiger partial charge in [-0.15, -0.1) is 0 Å². The molecule has 0 spiro atoms. The van der Waals surface area contributed by atoms with E-state index in [9.17, 15) is 9.59 Å². The minimum Gasteiger partial charge on any atom is -0.495 e. The van der Waals surface area contributed by atoms with Gasteiger partial charge >= 0.3 is 0 Å². The summed E-state index contributed by atoms with van der Waals surface area (Å²) in [6.45, 7) is 1.61. The summed E-state index contributed by atoms with van der Waals surface area (Å²) in [6, 6.07) is 13.9. The average molecular weight is 390 g/mol. The molecule has 2 aromatic carbocycles. The van der Waals surface area contributed by atoms with E-state index < -0.39 is 0 Å². The van der Waals surface area contributed by atoms with Gasteiger partial charge in [0.1, 0.15) is 5.75 Å². The van der Waals surface area contributed by atoms with Gasteiger partial charge in [0.2, 0.25) is 0 Å². The highest BCUT2D eigenvalue weighted by molar-refractivity contribution is 8.18. The second kappa shape index (κ2) is 7.83. The molecule has 0 bridgehead atoms. The zero-order chi connectivity index (χ0) is 19.5. The molecular weight excluding hydrogens is 372 g/mol. The molecule has 1 N–H and O–H groups in total. The second-order valence-corrected chi connectivity index (χ2v) is 7.43. The van der Waals surface area contributed by atoms with Gasteiger partial charge in [-0.3, -0.25) is 14.9 Å². The van der Waals surface area contributed by atoms with E-state index in [0.717, 1.165) is 35.9 Å². The molecule has 2 aromatic rings. The van der Waals surface area contributed by atoms with Crippen LogP contribution in [0, 0.1) is 11.8 Å². The molecule has 0 saturated carbocycles. The highest BCUT2D eigenvalue weighted by Gasteiger charge is 2.25. The van der Waals surface area contributed by atoms with Gasteiger partial charge in [0.05, 0.1) is 24.1 Å². The fraction of sp³-hybridized carbons (Fsp3) is 0.182. The van der Waals surface area contributed by atoms with Crippen LogP contribution in [0.15, 0.2) is 47.4 Å². The monoisotopic (exact) mass is 390 g/mol. The van der Waals surface area contributed by atoms with Crippen LogP contribution >= 0.6 is 11.8 Å². The summed E-state index contributed by atoms with van der Waals surface area (Å²) in [5.74, 6) is 6.73. The fourth-order valence-corrected chi connectivity index (χ4v) is 3.97. The summed E-state index contributed by atoms with van der Waals surface area (Å²) < 4.78 is 5.41. The van der Waals surface area contributed by atoms with Crippen LogP contribution in [0.2, 0.25) is 0 Å². The van der Waals surface area contributed by atoms with Crippen LogP contribution in [-0.4, -0.2) is 31.3 Å². The van der Waals surface area contributed by atoms with E-state index in [4.69, 9.17) is 4.74 Å². The number of hydrogen-bond donors (Lipinski definition) is 1. The number of para-hydroxylation sites is 1. The molecule has 1 saturated heterocycles. The third kappa shape index (κ3) is 3.75. The van der Waals surface area contributed by atoms with E-state index >= 15 is 0 Å². The highest BCUT2D eigenvalue weighted by Crippen LogP contribution is 2.28. The predicted octanol–water partition coefficient (Wildman–Crippen LogP) is 3.43. The van der Waals surface area contributed by atoms with Gasteiger partial charge in [0.15, 0.2) is 0 Å².